The first-order chi connectivity index (χ1) is 14.4. The van der Waals surface area contributed by atoms with Gasteiger partial charge in [0.05, 0.1) is 5.41 Å². The second kappa shape index (κ2) is 8.19. The number of piperazine rings is 1. The minimum absolute atomic E-state index is 0.0958. The number of imide groups is 1. The highest BCUT2D eigenvalue weighted by Crippen LogP contribution is 2.34. The number of nitrogens with zero attached hydrogens (tertiary/aromatic N) is 4. The van der Waals surface area contributed by atoms with Crippen LogP contribution in [0.4, 0.5) is 5.82 Å². The molecule has 4 rings (SSSR count). The van der Waals surface area contributed by atoms with Crippen molar-refractivity contribution in [2.45, 2.75) is 32.6 Å². The van der Waals surface area contributed by atoms with Crippen molar-refractivity contribution >= 4 is 17.6 Å². The molecule has 0 saturated carbocycles. The van der Waals surface area contributed by atoms with Crippen molar-refractivity contribution in [2.75, 3.05) is 44.2 Å². The van der Waals surface area contributed by atoms with Crippen LogP contribution in [-0.2, 0) is 10.2 Å². The van der Waals surface area contributed by atoms with Crippen LogP contribution in [0.25, 0.3) is 0 Å². The van der Waals surface area contributed by atoms with Gasteiger partial charge in [-0.1, -0.05) is 24.3 Å². The van der Waals surface area contributed by atoms with E-state index in [2.05, 4.69) is 26.9 Å². The number of hydrogen-bond donors (Lipinski definition) is 0. The van der Waals surface area contributed by atoms with Crippen LogP contribution >= 0.6 is 0 Å². The zero-order valence-corrected chi connectivity index (χ0v) is 18.1. The Hall–Kier alpha value is -2.73. The van der Waals surface area contributed by atoms with Gasteiger partial charge in [-0.3, -0.25) is 19.4 Å². The van der Waals surface area contributed by atoms with E-state index in [-0.39, 0.29) is 11.8 Å². The third kappa shape index (κ3) is 3.84. The maximum absolute atomic E-state index is 13.0. The van der Waals surface area contributed by atoms with Gasteiger partial charge in [0, 0.05) is 44.0 Å². The number of carbonyl (C=O) groups excluding carboxylic acids is 2. The zero-order valence-electron chi connectivity index (χ0n) is 18.1. The van der Waals surface area contributed by atoms with Crippen LogP contribution in [0.3, 0.4) is 0 Å². The Kier molecular flexibility index (Phi) is 5.60. The van der Waals surface area contributed by atoms with Crippen molar-refractivity contribution in [1.29, 1.82) is 0 Å². The van der Waals surface area contributed by atoms with E-state index in [9.17, 15) is 9.59 Å². The van der Waals surface area contributed by atoms with E-state index in [0.29, 0.717) is 12.1 Å². The number of pyridine rings is 1. The molecule has 2 aromatic rings. The number of rotatable bonds is 5. The van der Waals surface area contributed by atoms with E-state index < -0.39 is 5.41 Å². The summed E-state index contributed by atoms with van der Waals surface area (Å²) in [5.41, 5.74) is 1.85. The second-order valence-corrected chi connectivity index (χ2v) is 8.75. The number of amides is 2. The summed E-state index contributed by atoms with van der Waals surface area (Å²) in [5.74, 6) is 0.784. The predicted molar refractivity (Wildman–Crippen MR) is 118 cm³/mol. The lowest BCUT2D eigenvalue weighted by molar-refractivity contribution is -0.134. The number of hydrogen-bond acceptors (Lipinski definition) is 5. The van der Waals surface area contributed by atoms with Crippen molar-refractivity contribution in [3.8, 4) is 0 Å². The summed E-state index contributed by atoms with van der Waals surface area (Å²) < 4.78 is 0. The molecular weight excluding hydrogens is 376 g/mol. The number of aromatic nitrogens is 1. The first kappa shape index (κ1) is 20.5. The van der Waals surface area contributed by atoms with E-state index in [0.717, 1.165) is 56.2 Å². The molecule has 0 radical (unpaired) electrons. The van der Waals surface area contributed by atoms with E-state index in [4.69, 9.17) is 0 Å². The lowest BCUT2D eigenvalue weighted by atomic mass is 9.77. The van der Waals surface area contributed by atoms with Gasteiger partial charge in [0.25, 0.3) is 5.91 Å². The predicted octanol–water partition coefficient (Wildman–Crippen LogP) is 2.86. The summed E-state index contributed by atoms with van der Waals surface area (Å²) in [7, 11) is 0. The molecule has 2 amide bonds. The third-order valence-electron chi connectivity index (χ3n) is 6.28. The molecule has 1 aromatic carbocycles. The molecule has 0 unspecified atom stereocenters. The summed E-state index contributed by atoms with van der Waals surface area (Å²) in [6.45, 7) is 11.0. The molecule has 2 aliphatic heterocycles. The SMILES string of the molecule is Cc1cccc(N2CCN(CCCN3C(=O)c4ccccc4C(C)(C)C3=O)CC2)n1. The van der Waals surface area contributed by atoms with Crippen LogP contribution in [-0.4, -0.2) is 65.9 Å². The lowest BCUT2D eigenvalue weighted by Gasteiger charge is -2.38. The van der Waals surface area contributed by atoms with Crippen LogP contribution in [0.2, 0.25) is 0 Å². The fourth-order valence-corrected chi connectivity index (χ4v) is 4.47. The van der Waals surface area contributed by atoms with Crippen molar-refractivity contribution in [1.82, 2.24) is 14.8 Å². The van der Waals surface area contributed by atoms with Crippen LogP contribution in [0, 0.1) is 6.92 Å². The molecule has 1 fully saturated rings. The molecular formula is C24H30N4O2. The number of benzene rings is 1. The van der Waals surface area contributed by atoms with Gasteiger partial charge in [0.1, 0.15) is 5.82 Å². The summed E-state index contributed by atoms with van der Waals surface area (Å²) in [6, 6.07) is 13.6. The van der Waals surface area contributed by atoms with Crippen LogP contribution in [0.1, 0.15) is 41.9 Å². The van der Waals surface area contributed by atoms with E-state index in [1.165, 1.54) is 4.90 Å². The molecule has 0 N–H and O–H groups in total. The first-order valence-corrected chi connectivity index (χ1v) is 10.7. The number of anilines is 1. The monoisotopic (exact) mass is 406 g/mol. The summed E-state index contributed by atoms with van der Waals surface area (Å²) >= 11 is 0. The van der Waals surface area contributed by atoms with E-state index in [1.807, 2.05) is 51.1 Å². The summed E-state index contributed by atoms with van der Waals surface area (Å²) in [4.78, 5) is 36.7. The topological polar surface area (TPSA) is 56.8 Å². The van der Waals surface area contributed by atoms with Crippen molar-refractivity contribution in [3.63, 3.8) is 0 Å². The maximum Gasteiger partial charge on any atom is 0.260 e. The molecule has 3 heterocycles. The normalized spacial score (nSPS) is 19.2. The highest BCUT2D eigenvalue weighted by Gasteiger charge is 2.43. The molecule has 0 spiro atoms. The van der Waals surface area contributed by atoms with Gasteiger partial charge in [-0.2, -0.15) is 0 Å². The number of carbonyl (C=O) groups is 2. The Morgan fingerprint density at radius 3 is 2.40 bits per heavy atom. The first-order valence-electron chi connectivity index (χ1n) is 10.7. The smallest absolute Gasteiger partial charge is 0.260 e. The van der Waals surface area contributed by atoms with Crippen LogP contribution in [0.5, 0.6) is 0 Å². The Balaban J connectivity index is 1.32. The molecule has 6 nitrogen and oxygen atoms in total. The molecule has 158 valence electrons. The largest absolute Gasteiger partial charge is 0.354 e. The minimum atomic E-state index is -0.670. The van der Waals surface area contributed by atoms with Gasteiger partial charge >= 0.3 is 0 Å². The highest BCUT2D eigenvalue weighted by atomic mass is 16.2. The summed E-state index contributed by atoms with van der Waals surface area (Å²) in [6.07, 6.45) is 0.790. The second-order valence-electron chi connectivity index (χ2n) is 8.75. The Morgan fingerprint density at radius 2 is 1.67 bits per heavy atom. The Labute approximate surface area is 178 Å². The van der Waals surface area contributed by atoms with E-state index >= 15 is 0 Å². The summed E-state index contributed by atoms with van der Waals surface area (Å²) in [5, 5.41) is 0. The fourth-order valence-electron chi connectivity index (χ4n) is 4.47. The van der Waals surface area contributed by atoms with Crippen molar-refractivity contribution < 1.29 is 9.59 Å². The van der Waals surface area contributed by atoms with E-state index in [1.54, 1.807) is 0 Å². The molecule has 2 aliphatic rings. The van der Waals surface area contributed by atoms with Gasteiger partial charge in [-0.05, 0) is 57.5 Å². The van der Waals surface area contributed by atoms with Gasteiger partial charge in [-0.15, -0.1) is 0 Å². The van der Waals surface area contributed by atoms with Crippen molar-refractivity contribution in [2.24, 2.45) is 0 Å². The maximum atomic E-state index is 13.0. The van der Waals surface area contributed by atoms with Gasteiger partial charge in [0.2, 0.25) is 5.91 Å². The highest BCUT2D eigenvalue weighted by molar-refractivity contribution is 6.12. The zero-order chi connectivity index (χ0) is 21.3. The molecule has 0 aliphatic carbocycles. The number of fused-ring (bicyclic) bond motifs is 1. The van der Waals surface area contributed by atoms with Gasteiger partial charge in [-0.25, -0.2) is 4.98 Å². The third-order valence-corrected chi connectivity index (χ3v) is 6.28. The van der Waals surface area contributed by atoms with Gasteiger partial charge < -0.3 is 4.90 Å². The van der Waals surface area contributed by atoms with Crippen LogP contribution < -0.4 is 4.90 Å². The molecule has 0 atom stereocenters. The minimum Gasteiger partial charge on any atom is -0.354 e. The van der Waals surface area contributed by atoms with Gasteiger partial charge in [0.15, 0.2) is 0 Å². The standard InChI is InChI=1S/C24H30N4O2/c1-18-8-6-11-21(25-18)27-16-14-26(15-17-27)12-7-13-28-22(29)19-9-4-5-10-20(19)24(2,3)23(28)30/h4-6,8-11H,7,12-17H2,1-3H3. The molecule has 1 aromatic heterocycles. The molecule has 6 heteroatoms. The molecule has 30 heavy (non-hydrogen) atoms. The van der Waals surface area contributed by atoms with Crippen LogP contribution in [0.15, 0.2) is 42.5 Å². The molecule has 0 bridgehead atoms. The number of aryl methyl sites for hydroxylation is 1. The quantitative estimate of drug-likeness (QED) is 0.715. The van der Waals surface area contributed by atoms with Crippen molar-refractivity contribution in [3.05, 3.63) is 59.3 Å². The molecule has 1 saturated heterocycles. The average molecular weight is 407 g/mol. The Bertz CT molecular complexity index is 948. The Morgan fingerprint density at radius 1 is 0.933 bits per heavy atom. The fraction of sp³-hybridized carbons (Fsp3) is 0.458. The lowest BCUT2D eigenvalue weighted by Crippen LogP contribution is -2.52. The average Bonchev–Trinajstić information content (AvgIpc) is 2.75.